The van der Waals surface area contributed by atoms with Crippen molar-refractivity contribution in [2.45, 2.75) is 6.42 Å². The second kappa shape index (κ2) is 8.67. The fourth-order valence-corrected chi connectivity index (χ4v) is 1.93. The fraction of sp³-hybridized carbons (Fsp3) is 0.235. The topological polar surface area (TPSA) is 50.4 Å². The Morgan fingerprint density at radius 3 is 2.55 bits per heavy atom. The Balaban J connectivity index is 1.56. The molecule has 2 aromatic rings. The van der Waals surface area contributed by atoms with E-state index in [-0.39, 0.29) is 11.8 Å². The predicted molar refractivity (Wildman–Crippen MR) is 83.4 cm³/mol. The number of nitrogens with one attached hydrogen (secondary N) is 2. The third-order valence-corrected chi connectivity index (χ3v) is 2.99. The van der Waals surface area contributed by atoms with Crippen LogP contribution < -0.4 is 15.4 Å². The van der Waals surface area contributed by atoms with Crippen LogP contribution in [-0.2, 0) is 6.42 Å². The third-order valence-electron chi connectivity index (χ3n) is 2.99. The van der Waals surface area contributed by atoms with Crippen molar-refractivity contribution >= 4 is 6.03 Å². The molecule has 2 aromatic carbocycles. The average Bonchev–Trinajstić information content (AvgIpc) is 2.53. The van der Waals surface area contributed by atoms with Crippen molar-refractivity contribution in [3.8, 4) is 5.75 Å². The summed E-state index contributed by atoms with van der Waals surface area (Å²) in [6, 6.07) is 15.5. The van der Waals surface area contributed by atoms with Crippen molar-refractivity contribution in [1.29, 1.82) is 0 Å². The summed E-state index contributed by atoms with van der Waals surface area (Å²) < 4.78 is 18.4. The Hall–Kier alpha value is -2.56. The van der Waals surface area contributed by atoms with Crippen LogP contribution in [0.25, 0.3) is 0 Å². The van der Waals surface area contributed by atoms with Crippen molar-refractivity contribution in [2.24, 2.45) is 0 Å². The van der Waals surface area contributed by atoms with Gasteiger partial charge < -0.3 is 15.4 Å². The van der Waals surface area contributed by atoms with Gasteiger partial charge in [0.2, 0.25) is 0 Å². The van der Waals surface area contributed by atoms with Crippen molar-refractivity contribution in [2.75, 3.05) is 19.7 Å². The SMILES string of the molecule is O=C(NCCOc1ccccc1)NCCc1cccc(F)c1. The molecular weight excluding hydrogens is 283 g/mol. The molecule has 0 saturated heterocycles. The Morgan fingerprint density at radius 1 is 1.00 bits per heavy atom. The summed E-state index contributed by atoms with van der Waals surface area (Å²) in [5.41, 5.74) is 0.854. The first-order valence-electron chi connectivity index (χ1n) is 7.18. The summed E-state index contributed by atoms with van der Waals surface area (Å²) in [7, 11) is 0. The number of urea groups is 1. The second-order valence-corrected chi connectivity index (χ2v) is 4.72. The Labute approximate surface area is 129 Å². The van der Waals surface area contributed by atoms with E-state index in [2.05, 4.69) is 10.6 Å². The summed E-state index contributed by atoms with van der Waals surface area (Å²) >= 11 is 0. The van der Waals surface area contributed by atoms with Gasteiger partial charge in [-0.3, -0.25) is 0 Å². The standard InChI is InChI=1S/C17H19FN2O2/c18-15-6-4-5-14(13-15)9-10-19-17(21)20-11-12-22-16-7-2-1-3-8-16/h1-8,13H,9-12H2,(H2,19,20,21). The highest BCUT2D eigenvalue weighted by atomic mass is 19.1. The van der Waals surface area contributed by atoms with Crippen molar-refractivity contribution < 1.29 is 13.9 Å². The molecule has 0 heterocycles. The molecule has 0 aromatic heterocycles. The lowest BCUT2D eigenvalue weighted by Gasteiger charge is -2.09. The highest BCUT2D eigenvalue weighted by Gasteiger charge is 2.00. The molecule has 116 valence electrons. The number of rotatable bonds is 7. The molecule has 0 atom stereocenters. The van der Waals surface area contributed by atoms with Gasteiger partial charge in [-0.25, -0.2) is 9.18 Å². The molecule has 5 heteroatoms. The summed E-state index contributed by atoms with van der Waals surface area (Å²) in [6.07, 6.45) is 0.589. The average molecular weight is 302 g/mol. The minimum atomic E-state index is -0.264. The van der Waals surface area contributed by atoms with Gasteiger partial charge in [0.25, 0.3) is 0 Å². The Morgan fingerprint density at radius 2 is 1.77 bits per heavy atom. The molecule has 0 aliphatic rings. The van der Waals surface area contributed by atoms with Gasteiger partial charge in [0, 0.05) is 6.54 Å². The molecule has 0 fully saturated rings. The van der Waals surface area contributed by atoms with Crippen LogP contribution in [0.2, 0.25) is 0 Å². The number of carbonyl (C=O) groups excluding carboxylic acids is 1. The molecule has 0 aliphatic carbocycles. The monoisotopic (exact) mass is 302 g/mol. The van der Waals surface area contributed by atoms with Gasteiger partial charge in [-0.1, -0.05) is 30.3 Å². The normalized spacial score (nSPS) is 10.0. The molecular formula is C17H19FN2O2. The molecule has 0 saturated carbocycles. The summed E-state index contributed by atoms with van der Waals surface area (Å²) in [5, 5.41) is 5.42. The van der Waals surface area contributed by atoms with Crippen LogP contribution >= 0.6 is 0 Å². The molecule has 0 aliphatic heterocycles. The van der Waals surface area contributed by atoms with Gasteiger partial charge in [0.15, 0.2) is 0 Å². The largest absolute Gasteiger partial charge is 0.492 e. The van der Waals surface area contributed by atoms with E-state index in [1.807, 2.05) is 36.4 Å². The van der Waals surface area contributed by atoms with Gasteiger partial charge >= 0.3 is 6.03 Å². The zero-order chi connectivity index (χ0) is 15.6. The lowest BCUT2D eigenvalue weighted by atomic mass is 10.1. The van der Waals surface area contributed by atoms with Gasteiger partial charge in [-0.15, -0.1) is 0 Å². The first kappa shape index (κ1) is 15.8. The first-order chi connectivity index (χ1) is 10.7. The highest BCUT2D eigenvalue weighted by Crippen LogP contribution is 2.07. The van der Waals surface area contributed by atoms with Gasteiger partial charge in [-0.05, 0) is 36.2 Å². The Kier molecular flexibility index (Phi) is 6.23. The maximum Gasteiger partial charge on any atom is 0.314 e. The number of para-hydroxylation sites is 1. The van der Waals surface area contributed by atoms with Crippen LogP contribution in [0, 0.1) is 5.82 Å². The smallest absolute Gasteiger partial charge is 0.314 e. The lowest BCUT2D eigenvalue weighted by molar-refractivity contribution is 0.236. The van der Waals surface area contributed by atoms with Crippen LogP contribution in [-0.4, -0.2) is 25.7 Å². The first-order valence-corrected chi connectivity index (χ1v) is 7.18. The van der Waals surface area contributed by atoms with Crippen molar-refractivity contribution in [1.82, 2.24) is 10.6 Å². The fourth-order valence-electron chi connectivity index (χ4n) is 1.93. The van der Waals surface area contributed by atoms with Gasteiger partial charge in [0.05, 0.1) is 6.54 Å². The zero-order valence-corrected chi connectivity index (χ0v) is 12.2. The summed E-state index contributed by atoms with van der Waals surface area (Å²) in [6.45, 7) is 1.27. The quantitative estimate of drug-likeness (QED) is 0.773. The number of hydrogen-bond donors (Lipinski definition) is 2. The Bertz CT molecular complexity index is 590. The maximum absolute atomic E-state index is 13.0. The molecule has 0 radical (unpaired) electrons. The van der Waals surface area contributed by atoms with Crippen LogP contribution in [0.5, 0.6) is 5.75 Å². The number of carbonyl (C=O) groups is 1. The number of benzene rings is 2. The molecule has 2 rings (SSSR count). The van der Waals surface area contributed by atoms with E-state index in [9.17, 15) is 9.18 Å². The number of ether oxygens (including phenoxy) is 1. The molecule has 2 N–H and O–H groups in total. The maximum atomic E-state index is 13.0. The second-order valence-electron chi connectivity index (χ2n) is 4.72. The minimum Gasteiger partial charge on any atom is -0.492 e. The van der Waals surface area contributed by atoms with E-state index in [1.165, 1.54) is 12.1 Å². The minimum absolute atomic E-state index is 0.256. The van der Waals surface area contributed by atoms with Crippen LogP contribution in [0.3, 0.4) is 0 Å². The van der Waals surface area contributed by atoms with E-state index < -0.39 is 0 Å². The van der Waals surface area contributed by atoms with E-state index >= 15 is 0 Å². The predicted octanol–water partition coefficient (Wildman–Crippen LogP) is 2.75. The molecule has 2 amide bonds. The molecule has 0 spiro atoms. The van der Waals surface area contributed by atoms with E-state index in [0.717, 1.165) is 11.3 Å². The van der Waals surface area contributed by atoms with Crippen molar-refractivity contribution in [3.05, 3.63) is 66.0 Å². The number of amides is 2. The third kappa shape index (κ3) is 5.83. The molecule has 22 heavy (non-hydrogen) atoms. The molecule has 0 bridgehead atoms. The summed E-state index contributed by atoms with van der Waals surface area (Å²) in [5.74, 6) is 0.510. The number of halogens is 1. The number of hydrogen-bond acceptors (Lipinski definition) is 2. The van der Waals surface area contributed by atoms with E-state index in [1.54, 1.807) is 6.07 Å². The van der Waals surface area contributed by atoms with Crippen LogP contribution in [0.15, 0.2) is 54.6 Å². The molecule has 4 nitrogen and oxygen atoms in total. The van der Waals surface area contributed by atoms with Crippen LogP contribution in [0.4, 0.5) is 9.18 Å². The highest BCUT2D eigenvalue weighted by molar-refractivity contribution is 5.73. The van der Waals surface area contributed by atoms with E-state index in [0.29, 0.717) is 26.1 Å². The molecule has 0 unspecified atom stereocenters. The summed E-state index contributed by atoms with van der Waals surface area (Å²) in [4.78, 5) is 11.6. The van der Waals surface area contributed by atoms with E-state index in [4.69, 9.17) is 4.74 Å². The van der Waals surface area contributed by atoms with Gasteiger partial charge in [-0.2, -0.15) is 0 Å². The lowest BCUT2D eigenvalue weighted by Crippen LogP contribution is -2.38. The zero-order valence-electron chi connectivity index (χ0n) is 12.2. The van der Waals surface area contributed by atoms with Crippen LogP contribution in [0.1, 0.15) is 5.56 Å². The van der Waals surface area contributed by atoms with Crippen molar-refractivity contribution in [3.63, 3.8) is 0 Å². The van der Waals surface area contributed by atoms with Gasteiger partial charge in [0.1, 0.15) is 18.2 Å².